The van der Waals surface area contributed by atoms with E-state index in [1.54, 1.807) is 17.7 Å². The molecule has 5 rings (SSSR count). The molecule has 3 heterocycles. The van der Waals surface area contributed by atoms with Gasteiger partial charge in [-0.25, -0.2) is 4.79 Å². The van der Waals surface area contributed by atoms with Crippen molar-refractivity contribution in [2.24, 2.45) is 12.8 Å². The number of primary amides is 1. The van der Waals surface area contributed by atoms with E-state index in [1.807, 2.05) is 50.9 Å². The van der Waals surface area contributed by atoms with Gasteiger partial charge in [0.05, 0.1) is 29.9 Å². The Morgan fingerprint density at radius 2 is 1.73 bits per heavy atom. The Hall–Kier alpha value is -4.09. The van der Waals surface area contributed by atoms with E-state index in [9.17, 15) is 19.5 Å². The number of hydrogen-bond donors (Lipinski definition) is 3. The molecule has 2 amide bonds. The van der Waals surface area contributed by atoms with Crippen molar-refractivity contribution in [3.8, 4) is 16.9 Å². The van der Waals surface area contributed by atoms with E-state index in [0.29, 0.717) is 36.3 Å². The number of carbonyl (C=O) groups excluding carboxylic acids is 2. The number of anilines is 1. The van der Waals surface area contributed by atoms with Gasteiger partial charge in [-0.15, -0.1) is 0 Å². The summed E-state index contributed by atoms with van der Waals surface area (Å²) in [5.41, 5.74) is 15.8. The molecule has 236 valence electrons. The second-order valence-electron chi connectivity index (χ2n) is 13.0. The summed E-state index contributed by atoms with van der Waals surface area (Å²) in [6, 6.07) is 7.52. The molecule has 3 aromatic rings. The molecule has 44 heavy (non-hydrogen) atoms. The van der Waals surface area contributed by atoms with E-state index in [0.717, 1.165) is 48.9 Å². The first kappa shape index (κ1) is 31.3. The molecule has 1 unspecified atom stereocenters. The first-order valence-corrected chi connectivity index (χ1v) is 15.1. The minimum Gasteiger partial charge on any atom is -0.494 e. The first-order chi connectivity index (χ1) is 20.8. The number of aromatic nitrogens is 1. The van der Waals surface area contributed by atoms with Gasteiger partial charge in [0, 0.05) is 56.3 Å². The number of aromatic carboxylic acids is 1. The van der Waals surface area contributed by atoms with Crippen molar-refractivity contribution in [1.29, 1.82) is 0 Å². The monoisotopic (exact) mass is 604 g/mol. The number of nitrogens with two attached hydrogens (primary N) is 2. The number of para-hydroxylation sites is 1. The molecule has 0 spiro atoms. The Bertz CT molecular complexity index is 1630. The quantitative estimate of drug-likeness (QED) is 0.348. The van der Waals surface area contributed by atoms with Gasteiger partial charge in [-0.2, -0.15) is 0 Å². The zero-order valence-corrected chi connectivity index (χ0v) is 26.6. The molecular formula is C33H44N6O5. The minimum atomic E-state index is -1.09. The summed E-state index contributed by atoms with van der Waals surface area (Å²) in [6.07, 6.45) is 1.97. The largest absolute Gasteiger partial charge is 0.494 e. The highest BCUT2D eigenvalue weighted by Crippen LogP contribution is 2.48. The van der Waals surface area contributed by atoms with Crippen LogP contribution in [0.2, 0.25) is 0 Å². The maximum absolute atomic E-state index is 13.1. The third kappa shape index (κ3) is 5.39. The van der Waals surface area contributed by atoms with Gasteiger partial charge in [0.15, 0.2) is 5.75 Å². The minimum absolute atomic E-state index is 0.0207. The first-order valence-electron chi connectivity index (χ1n) is 15.1. The number of hydrogen-bond acceptors (Lipinski definition) is 7. The molecule has 0 aliphatic carbocycles. The molecule has 0 saturated carbocycles. The molecule has 11 nitrogen and oxygen atoms in total. The Morgan fingerprint density at radius 1 is 1.05 bits per heavy atom. The second-order valence-corrected chi connectivity index (χ2v) is 13.0. The highest BCUT2D eigenvalue weighted by atomic mass is 16.5. The van der Waals surface area contributed by atoms with Crippen LogP contribution in [0.25, 0.3) is 22.0 Å². The number of carboxylic acids is 1. The summed E-state index contributed by atoms with van der Waals surface area (Å²) >= 11 is 0. The lowest BCUT2D eigenvalue weighted by Crippen LogP contribution is -2.52. The number of methoxy groups -OCH3 is 1. The van der Waals surface area contributed by atoms with Crippen LogP contribution in [0.3, 0.4) is 0 Å². The summed E-state index contributed by atoms with van der Waals surface area (Å²) in [7, 11) is 5.19. The average molecular weight is 605 g/mol. The van der Waals surface area contributed by atoms with Crippen LogP contribution in [-0.2, 0) is 23.8 Å². The SMILES string of the molecule is COc1c(C(N)=O)cc(C(C)(C)C)c(-c2c(C(=O)O)n(C)c3c(CN4CCN(C(=O)C5CCCN5C)CC4)cccc23)c1N. The van der Waals surface area contributed by atoms with Crippen molar-refractivity contribution in [1.82, 2.24) is 19.3 Å². The molecule has 0 bridgehead atoms. The number of likely N-dealkylation sites (tertiary alicyclic amines) is 1. The highest BCUT2D eigenvalue weighted by molar-refractivity contribution is 6.13. The Kier molecular flexibility index (Phi) is 8.39. The number of carbonyl (C=O) groups is 3. The summed E-state index contributed by atoms with van der Waals surface area (Å²) in [4.78, 5) is 44.9. The van der Waals surface area contributed by atoms with Crippen molar-refractivity contribution in [2.75, 3.05) is 52.6 Å². The number of nitrogen functional groups attached to an aromatic ring is 1. The lowest BCUT2D eigenvalue weighted by molar-refractivity contribution is -0.137. The Balaban J connectivity index is 1.57. The number of ether oxygens (including phenoxy) is 1. The van der Waals surface area contributed by atoms with Gasteiger partial charge in [0.1, 0.15) is 5.69 Å². The maximum atomic E-state index is 13.1. The van der Waals surface area contributed by atoms with Crippen molar-refractivity contribution in [3.63, 3.8) is 0 Å². The standard InChI is InChI=1S/C33H44N6O5/c1-33(2,3)22-17-21(30(35)40)29(44-6)26(34)25(22)24-20-10-7-9-19(27(20)37(5)28(24)32(42)43)18-38-13-15-39(16-14-38)31(41)23-11-8-12-36(23)4/h7,9-10,17,23H,8,11-16,18,34H2,1-6H3,(H2,35,40)(H,42,43). The number of amides is 2. The third-order valence-corrected chi connectivity index (χ3v) is 9.23. The van der Waals surface area contributed by atoms with Gasteiger partial charge in [-0.3, -0.25) is 19.4 Å². The third-order valence-electron chi connectivity index (χ3n) is 9.23. The molecule has 2 saturated heterocycles. The fraction of sp³-hybridized carbons (Fsp3) is 0.485. The van der Waals surface area contributed by atoms with E-state index in [4.69, 9.17) is 16.2 Å². The molecule has 2 aromatic carbocycles. The lowest BCUT2D eigenvalue weighted by Gasteiger charge is -2.37. The summed E-state index contributed by atoms with van der Waals surface area (Å²) in [6.45, 7) is 10.3. The zero-order valence-electron chi connectivity index (χ0n) is 26.6. The zero-order chi connectivity index (χ0) is 32.1. The smallest absolute Gasteiger partial charge is 0.353 e. The Morgan fingerprint density at radius 3 is 2.27 bits per heavy atom. The molecule has 2 aliphatic rings. The fourth-order valence-corrected chi connectivity index (χ4v) is 6.98. The molecule has 0 radical (unpaired) electrons. The normalized spacial score (nSPS) is 18.2. The van der Waals surface area contributed by atoms with Crippen molar-refractivity contribution >= 4 is 34.4 Å². The van der Waals surface area contributed by atoms with Gasteiger partial charge < -0.3 is 30.8 Å². The van der Waals surface area contributed by atoms with Crippen molar-refractivity contribution in [2.45, 2.75) is 51.6 Å². The average Bonchev–Trinajstić information content (AvgIpc) is 3.52. The van der Waals surface area contributed by atoms with Gasteiger partial charge in [0.2, 0.25) is 5.91 Å². The molecule has 1 aromatic heterocycles. The molecule has 5 N–H and O–H groups in total. The van der Waals surface area contributed by atoms with E-state index in [2.05, 4.69) is 9.80 Å². The molecule has 2 fully saturated rings. The number of likely N-dealkylation sites (N-methyl/N-ethyl adjacent to an activating group) is 1. The number of carboxylic acid groups (broad SMARTS) is 1. The molecule has 1 atom stereocenters. The maximum Gasteiger partial charge on any atom is 0.353 e. The Labute approximate surface area is 258 Å². The number of nitrogens with zero attached hydrogens (tertiary/aromatic N) is 4. The topological polar surface area (TPSA) is 147 Å². The number of fused-ring (bicyclic) bond motifs is 1. The summed E-state index contributed by atoms with van der Waals surface area (Å²) in [5, 5.41) is 11.3. The van der Waals surface area contributed by atoms with E-state index >= 15 is 0 Å². The number of aryl methyl sites for hydroxylation is 1. The van der Waals surface area contributed by atoms with Gasteiger partial charge in [-0.05, 0) is 49.0 Å². The van der Waals surface area contributed by atoms with E-state index < -0.39 is 17.3 Å². The predicted molar refractivity (Wildman–Crippen MR) is 171 cm³/mol. The number of piperazine rings is 1. The number of rotatable bonds is 7. The van der Waals surface area contributed by atoms with Gasteiger partial charge in [-0.1, -0.05) is 39.0 Å². The van der Waals surface area contributed by atoms with Gasteiger partial charge in [0.25, 0.3) is 5.91 Å². The van der Waals surface area contributed by atoms with Crippen LogP contribution in [0.15, 0.2) is 24.3 Å². The van der Waals surface area contributed by atoms with Crippen LogP contribution >= 0.6 is 0 Å². The van der Waals surface area contributed by atoms with Crippen molar-refractivity contribution < 1.29 is 24.2 Å². The lowest BCUT2D eigenvalue weighted by atomic mass is 9.79. The van der Waals surface area contributed by atoms with E-state index in [-0.39, 0.29) is 34.6 Å². The molecule has 2 aliphatic heterocycles. The van der Waals surface area contributed by atoms with Gasteiger partial charge >= 0.3 is 5.97 Å². The van der Waals surface area contributed by atoms with Crippen LogP contribution < -0.4 is 16.2 Å². The van der Waals surface area contributed by atoms with Crippen molar-refractivity contribution in [3.05, 3.63) is 46.6 Å². The van der Waals surface area contributed by atoms with E-state index in [1.165, 1.54) is 7.11 Å². The second kappa shape index (κ2) is 11.8. The van der Waals surface area contributed by atoms with Crippen LogP contribution in [-0.4, -0.2) is 95.1 Å². The summed E-state index contributed by atoms with van der Waals surface area (Å²) in [5.74, 6) is -1.43. The predicted octanol–water partition coefficient (Wildman–Crippen LogP) is 3.27. The van der Waals surface area contributed by atoms with Crippen LogP contribution in [0.1, 0.15) is 65.6 Å². The summed E-state index contributed by atoms with van der Waals surface area (Å²) < 4.78 is 7.28. The number of benzene rings is 2. The fourth-order valence-electron chi connectivity index (χ4n) is 6.98. The molecule has 11 heteroatoms. The van der Waals surface area contributed by atoms with Crippen LogP contribution in [0.4, 0.5) is 5.69 Å². The highest BCUT2D eigenvalue weighted by Gasteiger charge is 2.35. The van der Waals surface area contributed by atoms with Crippen LogP contribution in [0.5, 0.6) is 5.75 Å². The molecular weight excluding hydrogens is 560 g/mol. The van der Waals surface area contributed by atoms with Crippen LogP contribution in [0, 0.1) is 0 Å².